The highest BCUT2D eigenvalue weighted by molar-refractivity contribution is 6.30. The van der Waals surface area contributed by atoms with Crippen LogP contribution in [0.4, 0.5) is 34.1 Å². The molecule has 12 aromatic rings. The van der Waals surface area contributed by atoms with Crippen molar-refractivity contribution in [2.24, 2.45) is 0 Å². The topological polar surface area (TPSA) is 9.72 Å². The van der Waals surface area contributed by atoms with E-state index in [9.17, 15) is 0 Å². The van der Waals surface area contributed by atoms with Gasteiger partial charge in [-0.25, -0.2) is 0 Å². The van der Waals surface area contributed by atoms with Crippen LogP contribution >= 0.6 is 0 Å². The Balaban J connectivity index is 0.993. The van der Waals surface area contributed by atoms with Crippen LogP contribution in [0.2, 0.25) is 0 Å². The molecule has 0 bridgehead atoms. The summed E-state index contributed by atoms with van der Waals surface area (Å²) < 4.78 is 0. The predicted molar refractivity (Wildman–Crippen MR) is 381 cm³/mol. The van der Waals surface area contributed by atoms with E-state index in [4.69, 9.17) is 0 Å². The number of hydrogen-bond acceptors (Lipinski definition) is 3. The number of nitrogens with zero attached hydrogens (tertiary/aromatic N) is 3. The monoisotopic (exact) mass is 1140 g/mol. The number of allylic oxidation sites excluding steroid dienone is 14. The van der Waals surface area contributed by atoms with Gasteiger partial charge in [0.25, 0.3) is 0 Å². The van der Waals surface area contributed by atoms with Crippen LogP contribution in [-0.2, 0) is 0 Å². The van der Waals surface area contributed by atoms with E-state index in [1.54, 1.807) is 0 Å². The minimum Gasteiger partial charge on any atom is -0.315 e. The second kappa shape index (κ2) is 23.5. The summed E-state index contributed by atoms with van der Waals surface area (Å²) in [4.78, 5) is 7.32. The first kappa shape index (κ1) is 53.7. The van der Waals surface area contributed by atoms with E-state index >= 15 is 0 Å². The summed E-state index contributed by atoms with van der Waals surface area (Å²) in [6.07, 6.45) is 33.4. The van der Waals surface area contributed by atoms with Gasteiger partial charge in [0.05, 0.1) is 0 Å². The zero-order chi connectivity index (χ0) is 59.0. The molecule has 1 atom stereocenters. The third-order valence-electron chi connectivity index (χ3n) is 18.6. The quantitative estimate of drug-likeness (QED) is 0.107. The Morgan fingerprint density at radius 3 is 1.49 bits per heavy atom. The van der Waals surface area contributed by atoms with Gasteiger partial charge in [0.1, 0.15) is 0 Å². The molecule has 0 amide bonds. The molecule has 1 unspecified atom stereocenters. The molecule has 12 aromatic carbocycles. The molecule has 16 rings (SSSR count). The van der Waals surface area contributed by atoms with E-state index in [-0.39, 0.29) is 5.92 Å². The lowest BCUT2D eigenvalue weighted by Crippen LogP contribution is -2.22. The molecule has 0 saturated carbocycles. The van der Waals surface area contributed by atoms with Gasteiger partial charge in [0.2, 0.25) is 0 Å². The number of benzene rings is 12. The summed E-state index contributed by atoms with van der Waals surface area (Å²) >= 11 is 0. The van der Waals surface area contributed by atoms with Crippen molar-refractivity contribution in [1.82, 2.24) is 0 Å². The second-order valence-electron chi connectivity index (χ2n) is 23.9. The van der Waals surface area contributed by atoms with Crippen LogP contribution in [0.5, 0.6) is 0 Å². The van der Waals surface area contributed by atoms with Crippen molar-refractivity contribution in [1.29, 1.82) is 0 Å². The van der Waals surface area contributed by atoms with Crippen molar-refractivity contribution in [2.45, 2.75) is 50.9 Å². The van der Waals surface area contributed by atoms with Gasteiger partial charge >= 0.3 is 0 Å². The molecule has 0 aromatic heterocycles. The van der Waals surface area contributed by atoms with Gasteiger partial charge in [-0.3, -0.25) is 0 Å². The predicted octanol–water partition coefficient (Wildman–Crippen LogP) is 23.9. The molecule has 89 heavy (non-hydrogen) atoms. The van der Waals surface area contributed by atoms with E-state index in [0.29, 0.717) is 0 Å². The Bertz CT molecular complexity index is 4890. The minimum absolute atomic E-state index is 0.0636. The van der Waals surface area contributed by atoms with E-state index in [0.717, 1.165) is 73.4 Å². The lowest BCUT2D eigenvalue weighted by Gasteiger charge is -2.32. The molecule has 3 nitrogen and oxygen atoms in total. The number of hydrogen-bond donors (Lipinski definition) is 0. The van der Waals surface area contributed by atoms with E-state index < -0.39 is 0 Å². The molecule has 0 N–H and O–H groups in total. The first-order chi connectivity index (χ1) is 44.2. The van der Waals surface area contributed by atoms with Gasteiger partial charge < -0.3 is 14.7 Å². The Kier molecular flexibility index (Phi) is 14.2. The summed E-state index contributed by atoms with van der Waals surface area (Å²) in [6.45, 7) is 0. The van der Waals surface area contributed by atoms with Gasteiger partial charge in [0.15, 0.2) is 0 Å². The molecular weight excluding hydrogens is 1070 g/mol. The van der Waals surface area contributed by atoms with Crippen LogP contribution in [0.15, 0.2) is 333 Å². The first-order valence-corrected chi connectivity index (χ1v) is 31.8. The first-order valence-electron chi connectivity index (χ1n) is 31.8. The summed E-state index contributed by atoms with van der Waals surface area (Å²) in [5, 5.41) is 12.7. The van der Waals surface area contributed by atoms with Gasteiger partial charge in [-0.2, -0.15) is 0 Å². The Labute approximate surface area is 522 Å². The zero-order valence-corrected chi connectivity index (χ0v) is 49.9. The fraction of sp³-hybridized carbons (Fsp3) is 0.0930. The maximum Gasteiger partial charge on any atom is 0.0468 e. The van der Waals surface area contributed by atoms with Crippen LogP contribution in [0.25, 0.3) is 76.1 Å². The van der Waals surface area contributed by atoms with Gasteiger partial charge in [-0.15, -0.1) is 0 Å². The number of para-hydroxylation sites is 5. The highest BCUT2D eigenvalue weighted by Crippen LogP contribution is 2.52. The van der Waals surface area contributed by atoms with Crippen LogP contribution in [0, 0.1) is 0 Å². The summed E-state index contributed by atoms with van der Waals surface area (Å²) in [7, 11) is 0. The molecule has 4 aliphatic carbocycles. The van der Waals surface area contributed by atoms with Gasteiger partial charge in [-0.05, 0) is 247 Å². The Morgan fingerprint density at radius 2 is 0.888 bits per heavy atom. The van der Waals surface area contributed by atoms with Crippen LogP contribution in [0.1, 0.15) is 67.6 Å². The average Bonchev–Trinajstić information content (AvgIpc) is 0.768. The normalized spacial score (nSPS) is 15.6. The molecule has 0 spiro atoms. The zero-order valence-electron chi connectivity index (χ0n) is 49.9. The highest BCUT2D eigenvalue weighted by atomic mass is 15.2. The smallest absolute Gasteiger partial charge is 0.0468 e. The lowest BCUT2D eigenvalue weighted by molar-refractivity contribution is 0.844. The minimum atomic E-state index is 0.0636. The number of anilines is 6. The maximum absolute atomic E-state index is 2.62. The SMILES string of the molecule is C1=CC(c2cc(C3=CC=C(N(C4=CCCC=C4)c4ccccc4)CC3)c3c4ccc(N(c5ccccc5)c5ccccc5)cc4c4cc(-c5cc6ccccc6c6ccccc56)ccc4c3c2C2C=CC(N(c3ccccc3)c3ccccc3)=CC2)=CCC1. The van der Waals surface area contributed by atoms with Crippen LogP contribution in [-0.4, -0.2) is 0 Å². The van der Waals surface area contributed by atoms with E-state index in [1.165, 1.54) is 116 Å². The Hall–Kier alpha value is -10.7. The lowest BCUT2D eigenvalue weighted by atomic mass is 9.76. The fourth-order valence-corrected chi connectivity index (χ4v) is 14.6. The third-order valence-corrected chi connectivity index (χ3v) is 18.6. The molecule has 3 heteroatoms. The van der Waals surface area contributed by atoms with Crippen molar-refractivity contribution in [3.05, 3.63) is 349 Å². The maximum atomic E-state index is 2.62. The summed E-state index contributed by atoms with van der Waals surface area (Å²) in [6, 6.07) is 92.0. The summed E-state index contributed by atoms with van der Waals surface area (Å²) in [5.41, 5.74) is 19.6. The Morgan fingerprint density at radius 1 is 0.326 bits per heavy atom. The molecule has 426 valence electrons. The van der Waals surface area contributed by atoms with Gasteiger partial charge in [0, 0.05) is 57.1 Å². The molecule has 0 fully saturated rings. The van der Waals surface area contributed by atoms with E-state index in [1.807, 2.05) is 0 Å². The van der Waals surface area contributed by atoms with Crippen molar-refractivity contribution < 1.29 is 0 Å². The molecule has 0 saturated heterocycles. The average molecular weight is 1140 g/mol. The van der Waals surface area contributed by atoms with Crippen LogP contribution < -0.4 is 14.7 Å². The van der Waals surface area contributed by atoms with Crippen molar-refractivity contribution in [2.75, 3.05) is 14.7 Å². The van der Waals surface area contributed by atoms with Crippen molar-refractivity contribution in [3.8, 4) is 11.1 Å². The fourth-order valence-electron chi connectivity index (χ4n) is 14.6. The third kappa shape index (κ3) is 9.99. The summed E-state index contributed by atoms with van der Waals surface area (Å²) in [5.74, 6) is 0.0636. The number of rotatable bonds is 13. The standard InChI is InChI=1S/C86H67N3/c1-8-26-60(27-9-1)80-59-81(61-44-49-71(50-45-61)87(65-29-10-2-11-30-65)66-31-12-3-13-32-66)85-77-55-53-73(89(69-37-18-6-19-38-69)70-39-20-7-21-40-70)58-83(77)82-57-64(79-56-63-28-22-23-41-74(63)75-42-24-25-43-76(75)79)48-54-78(82)86(85)84(80)62-46-51-72(52-47-62)88(67-33-14-4-15-34-67)68-35-16-5-17-36-68/h2,4-8,10-12,14-44,46,48-49,51-59,62H,1,3,9,13,45,47,50H2. The molecule has 0 aliphatic heterocycles. The molecular formula is C86H67N3. The largest absolute Gasteiger partial charge is 0.315 e. The van der Waals surface area contributed by atoms with Gasteiger partial charge in [-0.1, -0.05) is 206 Å². The van der Waals surface area contributed by atoms with E-state index in [2.05, 4.69) is 330 Å². The number of fused-ring (bicyclic) bond motifs is 9. The van der Waals surface area contributed by atoms with Crippen LogP contribution in [0.3, 0.4) is 0 Å². The van der Waals surface area contributed by atoms with Crippen molar-refractivity contribution >= 4 is 99.1 Å². The second-order valence-corrected chi connectivity index (χ2v) is 23.9. The molecule has 0 heterocycles. The van der Waals surface area contributed by atoms with Crippen molar-refractivity contribution in [3.63, 3.8) is 0 Å². The molecule has 4 aliphatic rings. The highest BCUT2D eigenvalue weighted by Gasteiger charge is 2.30. The molecule has 0 radical (unpaired) electrons.